The first-order valence-corrected chi connectivity index (χ1v) is 10.8. The molecule has 1 aromatic heterocycles. The number of anilines is 1. The van der Waals surface area contributed by atoms with E-state index >= 15 is 0 Å². The van der Waals surface area contributed by atoms with Gasteiger partial charge < -0.3 is 14.5 Å². The quantitative estimate of drug-likeness (QED) is 0.339. The van der Waals surface area contributed by atoms with Crippen molar-refractivity contribution < 1.29 is 13.9 Å². The number of aromatic nitrogens is 2. The van der Waals surface area contributed by atoms with Crippen LogP contribution in [0, 0.1) is 0 Å². The van der Waals surface area contributed by atoms with Gasteiger partial charge in [0, 0.05) is 22.0 Å². The topological polar surface area (TPSA) is 77.2 Å². The molecule has 0 saturated carbocycles. The molecule has 0 unspecified atom stereocenters. The summed E-state index contributed by atoms with van der Waals surface area (Å²) in [7, 11) is 0. The molecule has 1 amide bonds. The molecule has 4 aromatic rings. The fourth-order valence-corrected chi connectivity index (χ4v) is 3.55. The second-order valence-electron chi connectivity index (χ2n) is 6.51. The van der Waals surface area contributed by atoms with Crippen molar-refractivity contribution in [1.29, 1.82) is 0 Å². The Hall–Kier alpha value is -3.29. The van der Waals surface area contributed by atoms with Crippen molar-refractivity contribution in [2.24, 2.45) is 0 Å². The molecule has 0 atom stereocenters. The number of carbonyl (C=O) groups excluding carboxylic acids is 1. The van der Waals surface area contributed by atoms with Crippen LogP contribution in [0.15, 0.2) is 88.5 Å². The zero-order valence-electron chi connectivity index (χ0n) is 16.3. The van der Waals surface area contributed by atoms with Gasteiger partial charge in [-0.05, 0) is 54.1 Å². The molecule has 0 fully saturated rings. The van der Waals surface area contributed by atoms with Crippen LogP contribution in [0.4, 0.5) is 5.69 Å². The molecule has 0 radical (unpaired) electrons. The predicted octanol–water partition coefficient (Wildman–Crippen LogP) is 5.85. The van der Waals surface area contributed by atoms with Gasteiger partial charge in [0.15, 0.2) is 6.61 Å². The lowest BCUT2D eigenvalue weighted by Crippen LogP contribution is -2.11. The van der Waals surface area contributed by atoms with E-state index in [1.165, 1.54) is 11.8 Å². The van der Waals surface area contributed by atoms with Gasteiger partial charge in [0.25, 0.3) is 17.0 Å². The van der Waals surface area contributed by atoms with Gasteiger partial charge >= 0.3 is 0 Å². The first-order chi connectivity index (χ1) is 15.2. The molecule has 0 saturated heterocycles. The largest absolute Gasteiger partial charge is 0.484 e. The highest BCUT2D eigenvalue weighted by atomic mass is 35.5. The van der Waals surface area contributed by atoms with Crippen LogP contribution in [0.25, 0.3) is 0 Å². The number of hydrogen-bond donors (Lipinski definition) is 1. The molecule has 0 aliphatic heterocycles. The minimum absolute atomic E-state index is 0.155. The molecule has 0 aliphatic rings. The summed E-state index contributed by atoms with van der Waals surface area (Å²) in [6, 6.07) is 23.8. The van der Waals surface area contributed by atoms with Crippen LogP contribution in [0.3, 0.4) is 0 Å². The molecule has 0 spiro atoms. The molecule has 31 heavy (non-hydrogen) atoms. The zero-order chi connectivity index (χ0) is 21.5. The maximum atomic E-state index is 12.5. The Kier molecular flexibility index (Phi) is 6.86. The highest BCUT2D eigenvalue weighted by Gasteiger charge is 2.10. The van der Waals surface area contributed by atoms with E-state index in [1.54, 1.807) is 30.3 Å². The summed E-state index contributed by atoms with van der Waals surface area (Å²) in [5, 5.41) is 12.0. The third-order valence-corrected chi connectivity index (χ3v) is 5.35. The summed E-state index contributed by atoms with van der Waals surface area (Å²) in [6.07, 6.45) is 0. The molecule has 1 N–H and O–H groups in total. The number of para-hydroxylation sites is 1. The van der Waals surface area contributed by atoms with E-state index in [2.05, 4.69) is 15.5 Å². The molecule has 8 heteroatoms. The van der Waals surface area contributed by atoms with Crippen LogP contribution in [-0.4, -0.2) is 16.1 Å². The minimum Gasteiger partial charge on any atom is -0.484 e. The molecule has 1 heterocycles. The summed E-state index contributed by atoms with van der Waals surface area (Å²) < 4.78 is 11.2. The van der Waals surface area contributed by atoms with Gasteiger partial charge in [-0.25, -0.2) is 0 Å². The Morgan fingerprint density at radius 1 is 1.00 bits per heavy atom. The van der Waals surface area contributed by atoms with Gasteiger partial charge in [0.1, 0.15) is 5.75 Å². The van der Waals surface area contributed by atoms with E-state index < -0.39 is 0 Å². The summed E-state index contributed by atoms with van der Waals surface area (Å²) >= 11 is 7.26. The number of nitrogens with one attached hydrogen (secondary N) is 1. The van der Waals surface area contributed by atoms with Crippen LogP contribution in [0.1, 0.15) is 21.8 Å². The number of carbonyl (C=O) groups is 1. The van der Waals surface area contributed by atoms with E-state index in [4.69, 9.17) is 20.8 Å². The fourth-order valence-electron chi connectivity index (χ4n) is 2.70. The zero-order valence-corrected chi connectivity index (χ0v) is 17.9. The maximum Gasteiger partial charge on any atom is 0.277 e. The second-order valence-corrected chi connectivity index (χ2v) is 7.88. The molecule has 6 nitrogen and oxygen atoms in total. The summed E-state index contributed by atoms with van der Waals surface area (Å²) in [4.78, 5) is 12.5. The van der Waals surface area contributed by atoms with E-state index in [-0.39, 0.29) is 12.5 Å². The van der Waals surface area contributed by atoms with E-state index in [1.807, 2.05) is 48.5 Å². The molecule has 4 rings (SSSR count). The Morgan fingerprint density at radius 2 is 1.81 bits per heavy atom. The number of amides is 1. The number of halogens is 1. The average Bonchev–Trinajstić information content (AvgIpc) is 3.26. The van der Waals surface area contributed by atoms with Crippen LogP contribution in [0.2, 0.25) is 5.02 Å². The summed E-state index contributed by atoms with van der Waals surface area (Å²) in [5.74, 6) is 1.49. The van der Waals surface area contributed by atoms with E-state index in [0.717, 1.165) is 11.3 Å². The average molecular weight is 452 g/mol. The van der Waals surface area contributed by atoms with Crippen molar-refractivity contribution in [2.75, 3.05) is 5.32 Å². The van der Waals surface area contributed by atoms with Crippen LogP contribution in [0.5, 0.6) is 5.75 Å². The van der Waals surface area contributed by atoms with Crippen molar-refractivity contribution >= 4 is 35.0 Å². The van der Waals surface area contributed by atoms with Gasteiger partial charge in [0.2, 0.25) is 0 Å². The smallest absolute Gasteiger partial charge is 0.277 e. The van der Waals surface area contributed by atoms with Gasteiger partial charge in [-0.3, -0.25) is 4.79 Å². The van der Waals surface area contributed by atoms with Gasteiger partial charge in [-0.15, -0.1) is 10.2 Å². The van der Waals surface area contributed by atoms with Gasteiger partial charge in [-0.1, -0.05) is 53.7 Å². The molecule has 0 bridgehead atoms. The maximum absolute atomic E-state index is 12.5. The Balaban J connectivity index is 1.31. The fraction of sp³-hybridized carbons (Fsp3) is 0.0870. The first-order valence-electron chi connectivity index (χ1n) is 9.44. The number of hydrogen-bond acceptors (Lipinski definition) is 6. The highest BCUT2D eigenvalue weighted by molar-refractivity contribution is 7.98. The van der Waals surface area contributed by atoms with Crippen LogP contribution >= 0.6 is 23.4 Å². The second kappa shape index (κ2) is 10.1. The molecular formula is C23H18ClN3O3S. The Bertz CT molecular complexity index is 1150. The lowest BCUT2D eigenvalue weighted by molar-refractivity contribution is 0.102. The third-order valence-electron chi connectivity index (χ3n) is 4.21. The summed E-state index contributed by atoms with van der Waals surface area (Å²) in [6.45, 7) is 0.171. The van der Waals surface area contributed by atoms with E-state index in [9.17, 15) is 4.79 Å². The number of benzene rings is 3. The molecule has 156 valence electrons. The molecular weight excluding hydrogens is 434 g/mol. The Morgan fingerprint density at radius 3 is 2.61 bits per heavy atom. The van der Waals surface area contributed by atoms with Crippen molar-refractivity contribution in [3.63, 3.8) is 0 Å². The van der Waals surface area contributed by atoms with Gasteiger partial charge in [0.05, 0.1) is 0 Å². The van der Waals surface area contributed by atoms with Crippen molar-refractivity contribution in [1.82, 2.24) is 10.2 Å². The van der Waals surface area contributed by atoms with Crippen LogP contribution < -0.4 is 10.1 Å². The van der Waals surface area contributed by atoms with Crippen LogP contribution in [-0.2, 0) is 12.4 Å². The normalized spacial score (nSPS) is 10.6. The number of nitrogens with zero attached hydrogens (tertiary/aromatic N) is 2. The van der Waals surface area contributed by atoms with Crippen molar-refractivity contribution in [2.45, 2.75) is 17.6 Å². The van der Waals surface area contributed by atoms with E-state index in [0.29, 0.717) is 33.2 Å². The predicted molar refractivity (Wildman–Crippen MR) is 120 cm³/mol. The number of thioether (sulfide) groups is 1. The number of rotatable bonds is 8. The van der Waals surface area contributed by atoms with Crippen molar-refractivity contribution in [3.05, 3.63) is 101 Å². The SMILES string of the molecule is O=C(Nc1ccccc1)c1cccc(CSc2nnc(COc3ccc(Cl)cc3)o2)c1. The Labute approximate surface area is 188 Å². The first kappa shape index (κ1) is 21.0. The molecule has 0 aliphatic carbocycles. The minimum atomic E-state index is -0.155. The summed E-state index contributed by atoms with van der Waals surface area (Å²) in [5.41, 5.74) is 2.32. The number of ether oxygens (including phenoxy) is 1. The van der Waals surface area contributed by atoms with Crippen molar-refractivity contribution in [3.8, 4) is 5.75 Å². The molecule has 3 aromatic carbocycles. The standard InChI is InChI=1S/C23H18ClN3O3S/c24-18-9-11-20(12-10-18)29-14-21-26-27-23(30-21)31-15-16-5-4-6-17(13-16)22(28)25-19-7-2-1-3-8-19/h1-13H,14-15H2,(H,25,28). The highest BCUT2D eigenvalue weighted by Crippen LogP contribution is 2.23. The lowest BCUT2D eigenvalue weighted by Gasteiger charge is -2.06. The monoisotopic (exact) mass is 451 g/mol. The van der Waals surface area contributed by atoms with Gasteiger partial charge in [-0.2, -0.15) is 0 Å². The lowest BCUT2D eigenvalue weighted by atomic mass is 10.1. The third kappa shape index (κ3) is 6.10.